The van der Waals surface area contributed by atoms with E-state index in [4.69, 9.17) is 0 Å². The molecule has 2 rings (SSSR count). The van der Waals surface area contributed by atoms with E-state index in [0.717, 1.165) is 18.7 Å². The molecule has 0 radical (unpaired) electrons. The third-order valence-corrected chi connectivity index (χ3v) is 2.92. The van der Waals surface area contributed by atoms with Crippen LogP contribution in [0, 0.1) is 0 Å². The number of rotatable bonds is 3. The van der Waals surface area contributed by atoms with Gasteiger partial charge in [-0.05, 0) is 24.8 Å². The van der Waals surface area contributed by atoms with Crippen LogP contribution >= 0.6 is 0 Å². The highest BCUT2D eigenvalue weighted by atomic mass is 16.1. The highest BCUT2D eigenvalue weighted by Crippen LogP contribution is 2.30. The van der Waals surface area contributed by atoms with Crippen molar-refractivity contribution in [1.82, 2.24) is 5.32 Å². The molecule has 0 bridgehead atoms. The van der Waals surface area contributed by atoms with Crippen molar-refractivity contribution in [3.05, 3.63) is 47.7 Å². The van der Waals surface area contributed by atoms with Crippen molar-refractivity contribution in [2.75, 3.05) is 6.54 Å². The van der Waals surface area contributed by atoms with Crippen molar-refractivity contribution in [2.24, 2.45) is 0 Å². The Hall–Kier alpha value is -1.57. The van der Waals surface area contributed by atoms with Crippen LogP contribution in [-0.4, -0.2) is 12.3 Å². The molecule has 0 heterocycles. The Morgan fingerprint density at radius 1 is 1.25 bits per heavy atom. The smallest absolute Gasteiger partial charge is 0.158 e. The fourth-order valence-electron chi connectivity index (χ4n) is 2.20. The maximum Gasteiger partial charge on any atom is 0.158 e. The Morgan fingerprint density at radius 3 is 2.69 bits per heavy atom. The number of hydrogen-bond donors (Lipinski definition) is 1. The molecule has 2 heteroatoms. The van der Waals surface area contributed by atoms with Crippen LogP contribution in [0.1, 0.15) is 31.2 Å². The van der Waals surface area contributed by atoms with Crippen molar-refractivity contribution >= 4 is 5.78 Å². The quantitative estimate of drug-likeness (QED) is 0.839. The third-order valence-electron chi connectivity index (χ3n) is 2.92. The van der Waals surface area contributed by atoms with Crippen molar-refractivity contribution in [3.63, 3.8) is 0 Å². The molecule has 1 atom stereocenters. The lowest BCUT2D eigenvalue weighted by atomic mass is 9.85. The molecule has 84 valence electrons. The maximum atomic E-state index is 11.6. The number of benzene rings is 1. The van der Waals surface area contributed by atoms with E-state index in [2.05, 4.69) is 24.4 Å². The number of hydrogen-bond acceptors (Lipinski definition) is 2. The van der Waals surface area contributed by atoms with Crippen molar-refractivity contribution < 1.29 is 4.79 Å². The van der Waals surface area contributed by atoms with Crippen LogP contribution in [0.4, 0.5) is 0 Å². The average molecular weight is 215 g/mol. The van der Waals surface area contributed by atoms with Gasteiger partial charge in [0, 0.05) is 24.7 Å². The standard InChI is InChI=1S/C14H17NO/c1-2-15-13-8-12(9-14(16)10-13)11-6-4-3-5-7-11/h3-7,10,12,15H,2,8-9H2,1H3/t12-/m0/s1. The molecule has 0 saturated heterocycles. The van der Waals surface area contributed by atoms with Crippen LogP contribution in [0.15, 0.2) is 42.1 Å². The lowest BCUT2D eigenvalue weighted by Gasteiger charge is -2.22. The zero-order valence-corrected chi connectivity index (χ0v) is 9.57. The lowest BCUT2D eigenvalue weighted by Crippen LogP contribution is -2.21. The predicted octanol–water partition coefficient (Wildman–Crippen LogP) is 2.63. The molecule has 1 aliphatic rings. The van der Waals surface area contributed by atoms with Crippen molar-refractivity contribution in [3.8, 4) is 0 Å². The van der Waals surface area contributed by atoms with E-state index in [1.54, 1.807) is 6.08 Å². The van der Waals surface area contributed by atoms with Gasteiger partial charge in [0.25, 0.3) is 0 Å². The van der Waals surface area contributed by atoms with E-state index in [-0.39, 0.29) is 5.78 Å². The first-order valence-electron chi connectivity index (χ1n) is 5.82. The highest BCUT2D eigenvalue weighted by Gasteiger charge is 2.21. The second kappa shape index (κ2) is 4.97. The molecule has 0 aliphatic heterocycles. The van der Waals surface area contributed by atoms with Crippen LogP contribution in [0.25, 0.3) is 0 Å². The maximum absolute atomic E-state index is 11.6. The molecule has 0 saturated carbocycles. The Morgan fingerprint density at radius 2 is 2.00 bits per heavy atom. The van der Waals surface area contributed by atoms with Gasteiger partial charge in [-0.1, -0.05) is 30.3 Å². The summed E-state index contributed by atoms with van der Waals surface area (Å²) in [5.41, 5.74) is 2.34. The Balaban J connectivity index is 2.15. The fourth-order valence-corrected chi connectivity index (χ4v) is 2.20. The van der Waals surface area contributed by atoms with E-state index in [0.29, 0.717) is 12.3 Å². The molecule has 0 fully saturated rings. The third kappa shape index (κ3) is 2.51. The molecular formula is C14H17NO. The summed E-state index contributed by atoms with van der Waals surface area (Å²) in [4.78, 5) is 11.6. The summed E-state index contributed by atoms with van der Waals surface area (Å²) in [6, 6.07) is 10.3. The van der Waals surface area contributed by atoms with Gasteiger partial charge in [0.15, 0.2) is 5.78 Å². The number of carbonyl (C=O) groups is 1. The second-order valence-electron chi connectivity index (χ2n) is 4.18. The van der Waals surface area contributed by atoms with Gasteiger partial charge in [0.2, 0.25) is 0 Å². The first-order chi connectivity index (χ1) is 7.79. The van der Waals surface area contributed by atoms with E-state index >= 15 is 0 Å². The largest absolute Gasteiger partial charge is 0.389 e. The first kappa shape index (κ1) is 10.9. The number of allylic oxidation sites excluding steroid dienone is 2. The number of ketones is 1. The molecule has 1 aromatic rings. The molecule has 1 aliphatic carbocycles. The lowest BCUT2D eigenvalue weighted by molar-refractivity contribution is -0.115. The van der Waals surface area contributed by atoms with Gasteiger partial charge in [0.1, 0.15) is 0 Å². The van der Waals surface area contributed by atoms with Crippen LogP contribution in [0.2, 0.25) is 0 Å². The molecule has 1 N–H and O–H groups in total. The van der Waals surface area contributed by atoms with E-state index < -0.39 is 0 Å². The van der Waals surface area contributed by atoms with Gasteiger partial charge in [-0.25, -0.2) is 0 Å². The van der Waals surface area contributed by atoms with E-state index in [1.165, 1.54) is 5.56 Å². The Labute approximate surface area is 96.4 Å². The van der Waals surface area contributed by atoms with Gasteiger partial charge in [0.05, 0.1) is 0 Å². The summed E-state index contributed by atoms with van der Waals surface area (Å²) in [5.74, 6) is 0.573. The highest BCUT2D eigenvalue weighted by molar-refractivity contribution is 5.91. The number of nitrogens with one attached hydrogen (secondary N) is 1. The molecule has 1 aromatic carbocycles. The van der Waals surface area contributed by atoms with E-state index in [9.17, 15) is 4.79 Å². The summed E-state index contributed by atoms with van der Waals surface area (Å²) < 4.78 is 0. The van der Waals surface area contributed by atoms with Gasteiger partial charge in [-0.2, -0.15) is 0 Å². The van der Waals surface area contributed by atoms with E-state index in [1.807, 2.05) is 18.2 Å². The van der Waals surface area contributed by atoms with Gasteiger partial charge < -0.3 is 5.32 Å². The van der Waals surface area contributed by atoms with Gasteiger partial charge in [-0.15, -0.1) is 0 Å². The first-order valence-corrected chi connectivity index (χ1v) is 5.82. The molecule has 0 amide bonds. The SMILES string of the molecule is CCNC1=CC(=O)C[C@@H](c2ccccc2)C1. The molecule has 16 heavy (non-hydrogen) atoms. The van der Waals surface area contributed by atoms with Gasteiger partial charge >= 0.3 is 0 Å². The summed E-state index contributed by atoms with van der Waals surface area (Å²) in [7, 11) is 0. The summed E-state index contributed by atoms with van der Waals surface area (Å²) in [6.07, 6.45) is 3.34. The van der Waals surface area contributed by atoms with Crippen LogP contribution in [-0.2, 0) is 4.79 Å². The molecule has 0 aromatic heterocycles. The zero-order chi connectivity index (χ0) is 11.4. The molecular weight excluding hydrogens is 198 g/mol. The van der Waals surface area contributed by atoms with Crippen LogP contribution in [0.5, 0.6) is 0 Å². The second-order valence-corrected chi connectivity index (χ2v) is 4.18. The molecule has 0 spiro atoms. The average Bonchev–Trinajstić information content (AvgIpc) is 2.30. The summed E-state index contributed by atoms with van der Waals surface area (Å²) >= 11 is 0. The predicted molar refractivity (Wildman–Crippen MR) is 65.2 cm³/mol. The van der Waals surface area contributed by atoms with Gasteiger partial charge in [-0.3, -0.25) is 4.79 Å². The minimum atomic E-state index is 0.232. The van der Waals surface area contributed by atoms with Crippen molar-refractivity contribution in [2.45, 2.75) is 25.7 Å². The topological polar surface area (TPSA) is 29.1 Å². The van der Waals surface area contributed by atoms with Crippen LogP contribution < -0.4 is 5.32 Å². The Kier molecular flexibility index (Phi) is 3.40. The minimum absolute atomic E-state index is 0.232. The monoisotopic (exact) mass is 215 g/mol. The number of carbonyl (C=O) groups excluding carboxylic acids is 1. The molecule has 2 nitrogen and oxygen atoms in total. The summed E-state index contributed by atoms with van der Waals surface area (Å²) in [5, 5.41) is 3.25. The summed E-state index contributed by atoms with van der Waals surface area (Å²) in [6.45, 7) is 2.93. The fraction of sp³-hybridized carbons (Fsp3) is 0.357. The normalized spacial score (nSPS) is 20.4. The minimum Gasteiger partial charge on any atom is -0.389 e. The zero-order valence-electron chi connectivity index (χ0n) is 9.57. The molecule has 0 unspecified atom stereocenters. The Bertz CT molecular complexity index is 394. The van der Waals surface area contributed by atoms with Crippen molar-refractivity contribution in [1.29, 1.82) is 0 Å². The van der Waals surface area contributed by atoms with Crippen LogP contribution in [0.3, 0.4) is 0 Å².